The van der Waals surface area contributed by atoms with Crippen LogP contribution in [-0.4, -0.2) is 23.3 Å². The molecule has 0 saturated carbocycles. The topological polar surface area (TPSA) is 96.3 Å². The first kappa shape index (κ1) is 22.3. The number of carbonyl (C=O) groups excluding carboxylic acids is 2. The molecule has 1 aromatic carbocycles. The first-order chi connectivity index (χ1) is 16.2. The summed E-state index contributed by atoms with van der Waals surface area (Å²) >= 11 is 0. The van der Waals surface area contributed by atoms with Gasteiger partial charge in [-0.25, -0.2) is 4.98 Å². The maximum absolute atomic E-state index is 12.8. The molecule has 1 aliphatic carbocycles. The van der Waals surface area contributed by atoms with Crippen molar-refractivity contribution >= 4 is 23.3 Å². The normalized spacial score (nSPS) is 13.2. The van der Waals surface area contributed by atoms with E-state index in [2.05, 4.69) is 27.0 Å². The number of furan rings is 1. The third-order valence-corrected chi connectivity index (χ3v) is 5.58. The number of hydrogen-bond donors (Lipinski definition) is 3. The standard InChI is InChI=1S/C26H28N4O3/c31-25(28-15-12-19-7-2-1-3-8-19)21-9-4-5-10-22(21)29-18-20-13-14-27-24(17-20)30-26(32)23-11-6-16-33-23/h4-7,9-11,13-14,16-17,29H,1-3,8,12,15,18H2,(H,28,31)(H,27,30,32). The van der Waals surface area contributed by atoms with E-state index in [1.165, 1.54) is 24.7 Å². The quantitative estimate of drug-likeness (QED) is 0.396. The van der Waals surface area contributed by atoms with Crippen LogP contribution in [0.2, 0.25) is 0 Å². The lowest BCUT2D eigenvalue weighted by Crippen LogP contribution is -2.25. The molecule has 0 spiro atoms. The summed E-state index contributed by atoms with van der Waals surface area (Å²) in [5.74, 6) is 0.207. The van der Waals surface area contributed by atoms with Crippen molar-refractivity contribution in [3.8, 4) is 0 Å². The molecule has 1 aliphatic rings. The van der Waals surface area contributed by atoms with E-state index in [-0.39, 0.29) is 17.6 Å². The van der Waals surface area contributed by atoms with Crippen LogP contribution in [0.25, 0.3) is 0 Å². The summed E-state index contributed by atoms with van der Waals surface area (Å²) < 4.78 is 5.11. The van der Waals surface area contributed by atoms with Gasteiger partial charge in [-0.2, -0.15) is 0 Å². The number of aromatic nitrogens is 1. The summed E-state index contributed by atoms with van der Waals surface area (Å²) in [4.78, 5) is 29.1. The molecule has 0 saturated heterocycles. The summed E-state index contributed by atoms with van der Waals surface area (Å²) in [6.07, 6.45) is 11.1. The smallest absolute Gasteiger partial charge is 0.292 e. The molecule has 0 fully saturated rings. The zero-order valence-corrected chi connectivity index (χ0v) is 18.5. The van der Waals surface area contributed by atoms with Crippen molar-refractivity contribution in [3.63, 3.8) is 0 Å². The monoisotopic (exact) mass is 444 g/mol. The van der Waals surface area contributed by atoms with Crippen LogP contribution in [0.3, 0.4) is 0 Å². The molecule has 170 valence electrons. The van der Waals surface area contributed by atoms with E-state index in [4.69, 9.17) is 4.42 Å². The molecular weight excluding hydrogens is 416 g/mol. The van der Waals surface area contributed by atoms with Gasteiger partial charge in [0.1, 0.15) is 5.82 Å². The van der Waals surface area contributed by atoms with Crippen LogP contribution in [0, 0.1) is 0 Å². The molecule has 3 aromatic rings. The van der Waals surface area contributed by atoms with Crippen LogP contribution in [0.4, 0.5) is 11.5 Å². The van der Waals surface area contributed by atoms with Gasteiger partial charge in [-0.05, 0) is 74.1 Å². The predicted molar refractivity (Wildman–Crippen MR) is 128 cm³/mol. The Hall–Kier alpha value is -3.87. The number of nitrogens with one attached hydrogen (secondary N) is 3. The Morgan fingerprint density at radius 2 is 1.94 bits per heavy atom. The number of carbonyl (C=O) groups is 2. The van der Waals surface area contributed by atoms with Crippen molar-refractivity contribution in [2.75, 3.05) is 17.2 Å². The van der Waals surface area contributed by atoms with E-state index >= 15 is 0 Å². The lowest BCUT2D eigenvalue weighted by molar-refractivity contribution is 0.0953. The summed E-state index contributed by atoms with van der Waals surface area (Å²) in [7, 11) is 0. The highest BCUT2D eigenvalue weighted by atomic mass is 16.3. The fourth-order valence-corrected chi connectivity index (χ4v) is 3.83. The van der Waals surface area contributed by atoms with E-state index < -0.39 is 0 Å². The van der Waals surface area contributed by atoms with Gasteiger partial charge in [0.25, 0.3) is 11.8 Å². The third kappa shape index (κ3) is 6.32. The summed E-state index contributed by atoms with van der Waals surface area (Å²) in [6.45, 7) is 1.12. The molecule has 33 heavy (non-hydrogen) atoms. The predicted octanol–water partition coefficient (Wildman–Crippen LogP) is 5.16. The number of amides is 2. The molecule has 0 unspecified atom stereocenters. The average molecular weight is 445 g/mol. The van der Waals surface area contributed by atoms with Crippen molar-refractivity contribution in [3.05, 3.63) is 89.5 Å². The Bertz CT molecular complexity index is 1120. The highest BCUT2D eigenvalue weighted by Crippen LogP contribution is 2.20. The van der Waals surface area contributed by atoms with Crippen LogP contribution in [0.15, 0.2) is 77.1 Å². The zero-order valence-electron chi connectivity index (χ0n) is 18.5. The Kier molecular flexibility index (Phi) is 7.53. The largest absolute Gasteiger partial charge is 0.459 e. The maximum Gasteiger partial charge on any atom is 0.292 e. The van der Waals surface area contributed by atoms with Crippen molar-refractivity contribution in [2.45, 2.75) is 38.6 Å². The molecule has 2 amide bonds. The summed E-state index contributed by atoms with van der Waals surface area (Å²) in [6, 6.07) is 14.4. The average Bonchev–Trinajstić information content (AvgIpc) is 3.39. The molecule has 0 atom stereocenters. The summed E-state index contributed by atoms with van der Waals surface area (Å²) in [5.41, 5.74) is 3.72. The Balaban J connectivity index is 1.33. The van der Waals surface area contributed by atoms with Crippen molar-refractivity contribution in [1.29, 1.82) is 0 Å². The Labute approximate surface area is 193 Å². The second kappa shape index (κ2) is 11.1. The maximum atomic E-state index is 12.8. The third-order valence-electron chi connectivity index (χ3n) is 5.58. The van der Waals surface area contributed by atoms with Crippen LogP contribution in [0.5, 0.6) is 0 Å². The highest BCUT2D eigenvalue weighted by Gasteiger charge is 2.12. The molecule has 7 heteroatoms. The Morgan fingerprint density at radius 3 is 2.76 bits per heavy atom. The van der Waals surface area contributed by atoms with E-state index in [0.29, 0.717) is 24.5 Å². The van der Waals surface area contributed by atoms with Crippen molar-refractivity contribution < 1.29 is 14.0 Å². The van der Waals surface area contributed by atoms with Gasteiger partial charge in [0.15, 0.2) is 5.76 Å². The van der Waals surface area contributed by atoms with Crippen LogP contribution >= 0.6 is 0 Å². The number of rotatable bonds is 9. The second-order valence-electron chi connectivity index (χ2n) is 7.99. The molecule has 2 heterocycles. The van der Waals surface area contributed by atoms with Gasteiger partial charge in [0.05, 0.1) is 11.8 Å². The number of benzene rings is 1. The van der Waals surface area contributed by atoms with Gasteiger partial charge in [0, 0.05) is 25.0 Å². The lowest BCUT2D eigenvalue weighted by atomic mass is 9.97. The molecule has 0 aliphatic heterocycles. The lowest BCUT2D eigenvalue weighted by Gasteiger charge is -2.15. The van der Waals surface area contributed by atoms with Gasteiger partial charge in [-0.15, -0.1) is 0 Å². The van der Waals surface area contributed by atoms with Gasteiger partial charge >= 0.3 is 0 Å². The number of allylic oxidation sites excluding steroid dienone is 1. The fourth-order valence-electron chi connectivity index (χ4n) is 3.83. The van der Waals surface area contributed by atoms with E-state index in [1.54, 1.807) is 24.4 Å². The SMILES string of the molecule is O=C(Nc1cc(CNc2ccccc2C(=O)NCCC2=CCCCC2)ccn1)c1ccco1. The number of hydrogen-bond acceptors (Lipinski definition) is 5. The summed E-state index contributed by atoms with van der Waals surface area (Å²) in [5, 5.41) is 9.09. The minimum Gasteiger partial charge on any atom is -0.459 e. The highest BCUT2D eigenvalue weighted by molar-refractivity contribution is 6.01. The molecule has 3 N–H and O–H groups in total. The van der Waals surface area contributed by atoms with Crippen LogP contribution in [-0.2, 0) is 6.54 Å². The first-order valence-electron chi connectivity index (χ1n) is 11.3. The van der Waals surface area contributed by atoms with Gasteiger partial charge in [-0.3, -0.25) is 9.59 Å². The van der Waals surface area contributed by atoms with E-state index in [9.17, 15) is 9.59 Å². The minimum absolute atomic E-state index is 0.0874. The van der Waals surface area contributed by atoms with Gasteiger partial charge < -0.3 is 20.4 Å². The Morgan fingerprint density at radius 1 is 1.03 bits per heavy atom. The van der Waals surface area contributed by atoms with Gasteiger partial charge in [0.2, 0.25) is 0 Å². The number of anilines is 2. The first-order valence-corrected chi connectivity index (χ1v) is 11.3. The number of pyridine rings is 1. The zero-order chi connectivity index (χ0) is 22.9. The molecule has 7 nitrogen and oxygen atoms in total. The number of para-hydroxylation sites is 1. The second-order valence-corrected chi connectivity index (χ2v) is 7.99. The number of nitrogens with zero attached hydrogens (tertiary/aromatic N) is 1. The van der Waals surface area contributed by atoms with Crippen molar-refractivity contribution in [2.24, 2.45) is 0 Å². The minimum atomic E-state index is -0.358. The van der Waals surface area contributed by atoms with E-state index in [0.717, 1.165) is 30.5 Å². The van der Waals surface area contributed by atoms with Gasteiger partial charge in [-0.1, -0.05) is 23.8 Å². The van der Waals surface area contributed by atoms with Crippen LogP contribution in [0.1, 0.15) is 58.6 Å². The molecule has 4 rings (SSSR count). The molecule has 0 bridgehead atoms. The molecule has 0 radical (unpaired) electrons. The van der Waals surface area contributed by atoms with Crippen molar-refractivity contribution in [1.82, 2.24) is 10.3 Å². The molecular formula is C26H28N4O3. The fraction of sp³-hybridized carbons (Fsp3) is 0.269. The van der Waals surface area contributed by atoms with Crippen LogP contribution < -0.4 is 16.0 Å². The van der Waals surface area contributed by atoms with E-state index in [1.807, 2.05) is 30.3 Å². The molecule has 2 aromatic heterocycles.